The van der Waals surface area contributed by atoms with Crippen LogP contribution in [0.1, 0.15) is 48.4 Å². The van der Waals surface area contributed by atoms with E-state index in [1.54, 1.807) is 6.33 Å². The summed E-state index contributed by atoms with van der Waals surface area (Å²) >= 11 is 0. The van der Waals surface area contributed by atoms with Gasteiger partial charge in [-0.1, -0.05) is 0 Å². The van der Waals surface area contributed by atoms with Gasteiger partial charge in [0.25, 0.3) is 0 Å². The molecule has 0 aliphatic carbocycles. The van der Waals surface area contributed by atoms with E-state index in [2.05, 4.69) is 37.9 Å². The van der Waals surface area contributed by atoms with Crippen molar-refractivity contribution in [3.8, 4) is 0 Å². The number of hydrazine groups is 1. The van der Waals surface area contributed by atoms with E-state index in [-0.39, 0.29) is 0 Å². The van der Waals surface area contributed by atoms with Gasteiger partial charge in [0.1, 0.15) is 17.8 Å². The molecule has 2 unspecified atom stereocenters. The molecule has 0 bridgehead atoms. The first-order valence-electron chi connectivity index (χ1n) is 8.44. The fraction of sp³-hybridized carbons (Fsp3) is 0.529. The summed E-state index contributed by atoms with van der Waals surface area (Å²) in [6.07, 6.45) is 6.97. The number of hydrogen-bond acceptors (Lipinski definition) is 6. The van der Waals surface area contributed by atoms with E-state index in [0.29, 0.717) is 12.0 Å². The Morgan fingerprint density at radius 1 is 1.26 bits per heavy atom. The standard InChI is InChI=1S/C17H23N5O/c1-2-13(15-5-7-18-12-19-15)10-22(9-1)11-14-3-4-17(23-14)16-6-8-20-21-16/h3-5,7,12-13,16,20-21H,1-2,6,8-11H2. The van der Waals surface area contributed by atoms with Crippen LogP contribution in [0.5, 0.6) is 0 Å². The zero-order valence-corrected chi connectivity index (χ0v) is 13.2. The Bertz CT molecular complexity index is 623. The minimum Gasteiger partial charge on any atom is -0.463 e. The Balaban J connectivity index is 1.38. The molecule has 6 nitrogen and oxygen atoms in total. The van der Waals surface area contributed by atoms with Crippen LogP contribution in [0.3, 0.4) is 0 Å². The van der Waals surface area contributed by atoms with Gasteiger partial charge in [-0.25, -0.2) is 15.4 Å². The van der Waals surface area contributed by atoms with Gasteiger partial charge in [-0.15, -0.1) is 0 Å². The van der Waals surface area contributed by atoms with E-state index in [1.165, 1.54) is 12.8 Å². The van der Waals surface area contributed by atoms with E-state index in [1.807, 2.05) is 12.3 Å². The molecule has 0 amide bonds. The average molecular weight is 313 g/mol. The first-order valence-corrected chi connectivity index (χ1v) is 8.44. The second-order valence-electron chi connectivity index (χ2n) is 6.42. The number of rotatable bonds is 4. The number of nitrogens with zero attached hydrogens (tertiary/aromatic N) is 3. The minimum absolute atomic E-state index is 0.305. The lowest BCUT2D eigenvalue weighted by Gasteiger charge is -2.31. The van der Waals surface area contributed by atoms with Crippen LogP contribution in [0, 0.1) is 0 Å². The molecule has 6 heteroatoms. The monoisotopic (exact) mass is 313 g/mol. The molecule has 2 aliphatic rings. The second-order valence-corrected chi connectivity index (χ2v) is 6.42. The van der Waals surface area contributed by atoms with Crippen LogP contribution in [-0.2, 0) is 6.54 Å². The van der Waals surface area contributed by atoms with Crippen molar-refractivity contribution in [1.82, 2.24) is 25.7 Å². The lowest BCUT2D eigenvalue weighted by molar-refractivity contribution is 0.183. The van der Waals surface area contributed by atoms with Crippen molar-refractivity contribution in [2.45, 2.75) is 37.8 Å². The van der Waals surface area contributed by atoms with E-state index in [9.17, 15) is 0 Å². The number of aromatic nitrogens is 2. The van der Waals surface area contributed by atoms with Crippen molar-refractivity contribution < 1.29 is 4.42 Å². The van der Waals surface area contributed by atoms with Crippen LogP contribution in [0.2, 0.25) is 0 Å². The molecule has 0 spiro atoms. The topological polar surface area (TPSA) is 66.2 Å². The van der Waals surface area contributed by atoms with Gasteiger partial charge in [0.15, 0.2) is 0 Å². The van der Waals surface area contributed by atoms with Crippen LogP contribution in [0.4, 0.5) is 0 Å². The third-order valence-electron chi connectivity index (χ3n) is 4.77. The molecule has 2 aromatic heterocycles. The SMILES string of the molecule is c1cc(C2CCCN(Cc3ccc(C4CCNN4)o3)C2)ncn1. The number of furan rings is 1. The molecule has 2 atom stereocenters. The Morgan fingerprint density at radius 3 is 3.09 bits per heavy atom. The van der Waals surface area contributed by atoms with Crippen LogP contribution < -0.4 is 10.9 Å². The van der Waals surface area contributed by atoms with Crippen molar-refractivity contribution in [2.75, 3.05) is 19.6 Å². The summed E-state index contributed by atoms with van der Waals surface area (Å²) in [7, 11) is 0. The van der Waals surface area contributed by atoms with Gasteiger partial charge in [0.2, 0.25) is 0 Å². The van der Waals surface area contributed by atoms with Crippen LogP contribution in [0.15, 0.2) is 35.1 Å². The van der Waals surface area contributed by atoms with Crippen molar-refractivity contribution in [3.63, 3.8) is 0 Å². The summed E-state index contributed by atoms with van der Waals surface area (Å²) in [4.78, 5) is 10.9. The van der Waals surface area contributed by atoms with Crippen molar-refractivity contribution >= 4 is 0 Å². The predicted molar refractivity (Wildman–Crippen MR) is 86.5 cm³/mol. The molecular weight excluding hydrogens is 290 g/mol. The molecule has 4 heterocycles. The molecular formula is C17H23N5O. The van der Waals surface area contributed by atoms with Crippen LogP contribution >= 0.6 is 0 Å². The zero-order valence-electron chi connectivity index (χ0n) is 13.2. The summed E-state index contributed by atoms with van der Waals surface area (Å²) < 4.78 is 6.04. The molecule has 23 heavy (non-hydrogen) atoms. The van der Waals surface area contributed by atoms with Crippen LogP contribution in [0.25, 0.3) is 0 Å². The molecule has 2 aliphatic heterocycles. The Hall–Kier alpha value is -1.76. The maximum Gasteiger partial charge on any atom is 0.122 e. The van der Waals surface area contributed by atoms with Crippen molar-refractivity contribution in [1.29, 1.82) is 0 Å². The number of hydrogen-bond donors (Lipinski definition) is 2. The quantitative estimate of drug-likeness (QED) is 0.900. The lowest BCUT2D eigenvalue weighted by atomic mass is 9.94. The van der Waals surface area contributed by atoms with Crippen molar-refractivity contribution in [3.05, 3.63) is 47.9 Å². The summed E-state index contributed by atoms with van der Waals surface area (Å²) in [5, 5.41) is 0. The highest BCUT2D eigenvalue weighted by Gasteiger charge is 2.24. The van der Waals surface area contributed by atoms with Gasteiger partial charge in [-0.3, -0.25) is 10.3 Å². The maximum atomic E-state index is 6.04. The van der Waals surface area contributed by atoms with Gasteiger partial charge < -0.3 is 4.42 Å². The number of likely N-dealkylation sites (tertiary alicyclic amines) is 1. The first kappa shape index (κ1) is 14.8. The van der Waals surface area contributed by atoms with E-state index < -0.39 is 0 Å². The molecule has 0 radical (unpaired) electrons. The first-order chi connectivity index (χ1) is 11.4. The Morgan fingerprint density at radius 2 is 2.26 bits per heavy atom. The number of piperidine rings is 1. The third-order valence-corrected chi connectivity index (χ3v) is 4.77. The maximum absolute atomic E-state index is 6.04. The molecule has 2 saturated heterocycles. The molecule has 2 aromatic rings. The van der Waals surface area contributed by atoms with Gasteiger partial charge in [0, 0.05) is 30.9 Å². The van der Waals surface area contributed by atoms with E-state index in [4.69, 9.17) is 4.42 Å². The summed E-state index contributed by atoms with van der Waals surface area (Å²) in [6, 6.07) is 6.56. The van der Waals surface area contributed by atoms with Gasteiger partial charge in [-0.2, -0.15) is 0 Å². The highest BCUT2D eigenvalue weighted by Crippen LogP contribution is 2.27. The van der Waals surface area contributed by atoms with E-state index in [0.717, 1.165) is 49.8 Å². The van der Waals surface area contributed by atoms with Gasteiger partial charge in [-0.05, 0) is 44.0 Å². The largest absolute Gasteiger partial charge is 0.463 e. The highest BCUT2D eigenvalue weighted by molar-refractivity contribution is 5.12. The molecule has 0 aromatic carbocycles. The fourth-order valence-electron chi connectivity index (χ4n) is 3.57. The average Bonchev–Trinajstić information content (AvgIpc) is 3.27. The third kappa shape index (κ3) is 3.44. The Labute approximate surface area is 136 Å². The Kier molecular flexibility index (Phi) is 4.37. The number of nitrogens with one attached hydrogen (secondary N) is 2. The van der Waals surface area contributed by atoms with Gasteiger partial charge >= 0.3 is 0 Å². The van der Waals surface area contributed by atoms with Crippen LogP contribution in [-0.4, -0.2) is 34.5 Å². The molecule has 2 fully saturated rings. The van der Waals surface area contributed by atoms with Gasteiger partial charge in [0.05, 0.1) is 12.6 Å². The second kappa shape index (κ2) is 6.78. The molecule has 4 rings (SSSR count). The zero-order chi connectivity index (χ0) is 15.5. The minimum atomic E-state index is 0.305. The molecule has 122 valence electrons. The lowest BCUT2D eigenvalue weighted by Crippen LogP contribution is -2.34. The van der Waals surface area contributed by atoms with E-state index >= 15 is 0 Å². The smallest absolute Gasteiger partial charge is 0.122 e. The highest BCUT2D eigenvalue weighted by atomic mass is 16.3. The molecule has 2 N–H and O–H groups in total. The fourth-order valence-corrected chi connectivity index (χ4v) is 3.57. The summed E-state index contributed by atoms with van der Waals surface area (Å²) in [6.45, 7) is 4.03. The predicted octanol–water partition coefficient (Wildman–Crippen LogP) is 1.99. The normalized spacial score (nSPS) is 25.7. The van der Waals surface area contributed by atoms with Crippen molar-refractivity contribution in [2.24, 2.45) is 0 Å². The molecule has 0 saturated carbocycles. The summed E-state index contributed by atoms with van der Waals surface area (Å²) in [5.41, 5.74) is 7.56. The summed E-state index contributed by atoms with van der Waals surface area (Å²) in [5.74, 6) is 2.59.